The third-order valence-corrected chi connectivity index (χ3v) is 13.5. The Labute approximate surface area is 143 Å². The van der Waals surface area contributed by atoms with Gasteiger partial charge in [-0.1, -0.05) is 99.3 Å². The molecular weight excluding hydrogens is 387 g/mol. The molecule has 118 valence electrons. The van der Waals surface area contributed by atoms with Gasteiger partial charge in [-0.2, -0.15) is 0 Å². The number of halogens is 1. The molecule has 0 atom stereocenters. The molecule has 0 nitrogen and oxygen atoms in total. The predicted octanol–water partition coefficient (Wildman–Crippen LogP) is 7.35. The molecule has 0 radical (unpaired) electrons. The van der Waals surface area contributed by atoms with Crippen molar-refractivity contribution in [2.75, 3.05) is 0 Å². The predicted molar refractivity (Wildman–Crippen MR) is 110 cm³/mol. The Hall–Kier alpha value is 0.644. The Balaban J connectivity index is 5.19. The Morgan fingerprint density at radius 3 is 1.85 bits per heavy atom. The summed E-state index contributed by atoms with van der Waals surface area (Å²) < 4.78 is 1.68. The lowest BCUT2D eigenvalue weighted by Gasteiger charge is -2.22. The second kappa shape index (κ2) is 8.94. The first kappa shape index (κ1) is 20.6. The van der Waals surface area contributed by atoms with Crippen molar-refractivity contribution in [1.29, 1.82) is 0 Å². The van der Waals surface area contributed by atoms with Gasteiger partial charge in [0.1, 0.15) is 0 Å². The van der Waals surface area contributed by atoms with Crippen molar-refractivity contribution < 1.29 is 0 Å². The molecule has 0 aliphatic heterocycles. The quantitative estimate of drug-likeness (QED) is 0.166. The maximum atomic E-state index is 2.65. The first-order valence-electron chi connectivity index (χ1n) is 8.08. The maximum Gasteiger partial charge on any atom is 0.0858 e. The van der Waals surface area contributed by atoms with E-state index in [2.05, 4.69) is 81.8 Å². The van der Waals surface area contributed by atoms with Crippen molar-refractivity contribution in [3.05, 3.63) is 20.0 Å². The van der Waals surface area contributed by atoms with Gasteiger partial charge in [-0.3, -0.25) is 0 Å². The summed E-state index contributed by atoms with van der Waals surface area (Å²) in [6, 6.07) is 0. The van der Waals surface area contributed by atoms with E-state index in [1.54, 1.807) is 14.0 Å². The molecule has 0 aliphatic carbocycles. The summed E-state index contributed by atoms with van der Waals surface area (Å²) in [5, 5.41) is 1.65. The highest BCUT2D eigenvalue weighted by Gasteiger charge is 2.22. The minimum Gasteiger partial charge on any atom is -0.0838 e. The van der Waals surface area contributed by atoms with E-state index in [1.807, 2.05) is 0 Å². The third-order valence-electron chi connectivity index (χ3n) is 3.81. The van der Waals surface area contributed by atoms with Gasteiger partial charge in [-0.15, -0.1) is 0 Å². The molecule has 0 fully saturated rings. The highest BCUT2D eigenvalue weighted by atomic mass is 127. The fourth-order valence-electron chi connectivity index (χ4n) is 1.95. The van der Waals surface area contributed by atoms with Crippen LogP contribution in [0.5, 0.6) is 0 Å². The summed E-state index contributed by atoms with van der Waals surface area (Å²) in [6.07, 6.45) is 9.29. The van der Waals surface area contributed by atoms with Crippen LogP contribution < -0.4 is 0 Å². The zero-order chi connectivity index (χ0) is 16.0. The van der Waals surface area contributed by atoms with Crippen molar-refractivity contribution in [3.63, 3.8) is 0 Å². The SMILES string of the molecule is CCCCCCC(/C=C(\C)[Si](C)(C)C)=C(\I)[Si](C)(C)C. The van der Waals surface area contributed by atoms with Gasteiger partial charge >= 0.3 is 0 Å². The molecular formula is C17H35ISi2. The lowest BCUT2D eigenvalue weighted by Crippen LogP contribution is -2.24. The molecule has 0 aromatic heterocycles. The molecule has 0 amide bonds. The number of allylic oxidation sites excluding steroid dienone is 3. The number of hydrogen-bond donors (Lipinski definition) is 0. The summed E-state index contributed by atoms with van der Waals surface area (Å²) in [4.78, 5) is 0. The minimum absolute atomic E-state index is 1.14. The van der Waals surface area contributed by atoms with Crippen molar-refractivity contribution in [2.24, 2.45) is 0 Å². The van der Waals surface area contributed by atoms with Gasteiger partial charge in [0.05, 0.1) is 16.1 Å². The molecule has 0 aliphatic rings. The van der Waals surface area contributed by atoms with Crippen LogP contribution in [0.25, 0.3) is 0 Å². The standard InChI is InChI=1S/C17H35ISi2/c1-9-10-11-12-13-16(17(18)20(6,7)8)14-15(2)19(3,4)5/h14H,9-13H2,1-8H3/b15-14+,17-16-. The van der Waals surface area contributed by atoms with Crippen molar-refractivity contribution >= 4 is 38.7 Å². The van der Waals surface area contributed by atoms with Crippen LogP contribution in [0.3, 0.4) is 0 Å². The van der Waals surface area contributed by atoms with Gasteiger partial charge in [0, 0.05) is 0 Å². The molecule has 0 spiro atoms. The van der Waals surface area contributed by atoms with Crippen molar-refractivity contribution in [2.45, 2.75) is 85.2 Å². The van der Waals surface area contributed by atoms with Gasteiger partial charge in [-0.25, -0.2) is 0 Å². The Morgan fingerprint density at radius 2 is 1.45 bits per heavy atom. The van der Waals surface area contributed by atoms with Crippen LogP contribution in [-0.2, 0) is 0 Å². The number of unbranched alkanes of at least 4 members (excludes halogenated alkanes) is 3. The molecule has 0 aromatic rings. The second-order valence-corrected chi connectivity index (χ2v) is 20.4. The summed E-state index contributed by atoms with van der Waals surface area (Å²) in [5.41, 5.74) is 1.65. The van der Waals surface area contributed by atoms with E-state index in [0.29, 0.717) is 0 Å². The molecule has 20 heavy (non-hydrogen) atoms. The summed E-state index contributed by atoms with van der Waals surface area (Å²) in [7, 11) is -2.32. The Kier molecular flexibility index (Phi) is 9.22. The smallest absolute Gasteiger partial charge is 0.0838 e. The second-order valence-electron chi connectivity index (χ2n) is 7.98. The average molecular weight is 423 g/mol. The van der Waals surface area contributed by atoms with Gasteiger partial charge in [0.25, 0.3) is 0 Å². The maximum absolute atomic E-state index is 2.65. The van der Waals surface area contributed by atoms with E-state index >= 15 is 0 Å². The highest BCUT2D eigenvalue weighted by molar-refractivity contribution is 14.1. The van der Waals surface area contributed by atoms with Crippen LogP contribution in [-0.4, -0.2) is 16.1 Å². The first-order valence-corrected chi connectivity index (χ1v) is 16.2. The monoisotopic (exact) mass is 422 g/mol. The normalized spacial score (nSPS) is 15.3. The zero-order valence-electron chi connectivity index (χ0n) is 15.0. The molecule has 3 heteroatoms. The van der Waals surface area contributed by atoms with Gasteiger partial charge in [0.15, 0.2) is 0 Å². The molecule has 0 saturated carbocycles. The van der Waals surface area contributed by atoms with E-state index in [9.17, 15) is 0 Å². The Morgan fingerprint density at radius 1 is 0.900 bits per heavy atom. The van der Waals surface area contributed by atoms with E-state index in [-0.39, 0.29) is 0 Å². The van der Waals surface area contributed by atoms with Crippen LogP contribution in [0, 0.1) is 0 Å². The molecule has 0 saturated heterocycles. The van der Waals surface area contributed by atoms with Crippen LogP contribution in [0.1, 0.15) is 46.0 Å². The lowest BCUT2D eigenvalue weighted by atomic mass is 10.1. The fourth-order valence-corrected chi connectivity index (χ4v) is 4.14. The molecule has 0 bridgehead atoms. The average Bonchev–Trinajstić information content (AvgIpc) is 2.29. The zero-order valence-corrected chi connectivity index (χ0v) is 19.1. The van der Waals surface area contributed by atoms with Gasteiger partial charge in [-0.05, 0) is 28.5 Å². The molecule has 0 aromatic carbocycles. The summed E-state index contributed by atoms with van der Waals surface area (Å²) >= 11 is 2.65. The lowest BCUT2D eigenvalue weighted by molar-refractivity contribution is 0.668. The van der Waals surface area contributed by atoms with Gasteiger partial charge in [0.2, 0.25) is 0 Å². The third kappa shape index (κ3) is 8.18. The first-order chi connectivity index (χ1) is 9.00. The topological polar surface area (TPSA) is 0 Å². The highest BCUT2D eigenvalue weighted by Crippen LogP contribution is 2.30. The molecule has 0 rings (SSSR count). The van der Waals surface area contributed by atoms with Crippen molar-refractivity contribution in [1.82, 2.24) is 0 Å². The van der Waals surface area contributed by atoms with Crippen LogP contribution in [0.2, 0.25) is 39.3 Å². The van der Waals surface area contributed by atoms with Crippen LogP contribution >= 0.6 is 22.6 Å². The minimum atomic E-state index is -1.18. The Bertz CT molecular complexity index is 354. The van der Waals surface area contributed by atoms with E-state index in [1.165, 1.54) is 32.1 Å². The van der Waals surface area contributed by atoms with Crippen LogP contribution in [0.4, 0.5) is 0 Å². The fraction of sp³-hybridized carbons (Fsp3) is 0.765. The van der Waals surface area contributed by atoms with E-state index < -0.39 is 16.1 Å². The summed E-state index contributed by atoms with van der Waals surface area (Å²) in [5.74, 6) is 0. The summed E-state index contributed by atoms with van der Waals surface area (Å²) in [6.45, 7) is 19.4. The van der Waals surface area contributed by atoms with Crippen molar-refractivity contribution in [3.8, 4) is 0 Å². The number of hydrogen-bond acceptors (Lipinski definition) is 0. The molecule has 0 unspecified atom stereocenters. The molecule has 0 heterocycles. The molecule has 0 N–H and O–H groups in total. The van der Waals surface area contributed by atoms with Crippen LogP contribution in [0.15, 0.2) is 20.0 Å². The van der Waals surface area contributed by atoms with Gasteiger partial charge < -0.3 is 0 Å². The van der Waals surface area contributed by atoms with E-state index in [4.69, 9.17) is 0 Å². The largest absolute Gasteiger partial charge is 0.0858 e. The van der Waals surface area contributed by atoms with E-state index in [0.717, 1.165) is 0 Å². The number of rotatable bonds is 8.